The van der Waals surface area contributed by atoms with E-state index < -0.39 is 11.0 Å². The molecule has 0 saturated carbocycles. The van der Waals surface area contributed by atoms with Crippen LogP contribution in [0.25, 0.3) is 0 Å². The zero-order valence-corrected chi connectivity index (χ0v) is 13.8. The number of amides is 1. The maximum absolute atomic E-state index is 11.9. The summed E-state index contributed by atoms with van der Waals surface area (Å²) in [6, 6.07) is 13.6. The van der Waals surface area contributed by atoms with Gasteiger partial charge in [0, 0.05) is 18.7 Å². The van der Waals surface area contributed by atoms with Gasteiger partial charge in [0.05, 0.1) is 18.2 Å². The van der Waals surface area contributed by atoms with Crippen molar-refractivity contribution in [2.45, 2.75) is 6.61 Å². The van der Waals surface area contributed by atoms with Crippen LogP contribution in [0.4, 0.5) is 10.5 Å². The van der Waals surface area contributed by atoms with E-state index in [9.17, 15) is 14.9 Å². The second kappa shape index (κ2) is 8.44. The molecule has 0 aliphatic rings. The average molecular weight is 343 g/mol. The first kappa shape index (κ1) is 17.9. The number of carbonyl (C=O) groups excluding carboxylic acids is 1. The van der Waals surface area contributed by atoms with Gasteiger partial charge in [-0.1, -0.05) is 30.3 Å². The first-order chi connectivity index (χ1) is 12.0. The van der Waals surface area contributed by atoms with Gasteiger partial charge in [0.25, 0.3) is 0 Å². The number of nitro benzene ring substituents is 1. The number of nitrogens with zero attached hydrogens (tertiary/aromatic N) is 3. The summed E-state index contributed by atoms with van der Waals surface area (Å²) < 4.78 is 10.1. The average Bonchev–Trinajstić information content (AvgIpc) is 2.64. The first-order valence-corrected chi connectivity index (χ1v) is 7.32. The van der Waals surface area contributed by atoms with Crippen LogP contribution in [0.1, 0.15) is 11.1 Å². The predicted molar refractivity (Wildman–Crippen MR) is 91.6 cm³/mol. The second-order valence-corrected chi connectivity index (χ2v) is 5.00. The van der Waals surface area contributed by atoms with E-state index in [1.165, 1.54) is 32.5 Å². The van der Waals surface area contributed by atoms with E-state index in [1.807, 2.05) is 30.3 Å². The summed E-state index contributed by atoms with van der Waals surface area (Å²) in [5.74, 6) is 0.151. The van der Waals surface area contributed by atoms with Crippen molar-refractivity contribution in [3.63, 3.8) is 0 Å². The number of hydrogen-bond acceptors (Lipinski definition) is 6. The zero-order chi connectivity index (χ0) is 18.2. The molecular weight excluding hydrogens is 326 g/mol. The van der Waals surface area contributed by atoms with Gasteiger partial charge in [0.2, 0.25) is 0 Å². The van der Waals surface area contributed by atoms with Crippen molar-refractivity contribution in [3.8, 4) is 5.75 Å². The molecule has 1 amide bonds. The van der Waals surface area contributed by atoms with E-state index >= 15 is 0 Å². The summed E-state index contributed by atoms with van der Waals surface area (Å²) in [6.07, 6.45) is 0.694. The number of carbonyl (C=O) groups is 1. The third-order valence-corrected chi connectivity index (χ3v) is 3.25. The molecule has 2 aromatic rings. The summed E-state index contributed by atoms with van der Waals surface area (Å²) in [5.41, 5.74) is 1.13. The van der Waals surface area contributed by atoms with E-state index in [4.69, 9.17) is 9.47 Å². The lowest BCUT2D eigenvalue weighted by atomic mass is 10.2. The van der Waals surface area contributed by atoms with Gasteiger partial charge in [-0.2, -0.15) is 5.10 Å². The smallest absolute Gasteiger partial charge is 0.430 e. The molecule has 8 nitrogen and oxygen atoms in total. The van der Waals surface area contributed by atoms with Gasteiger partial charge in [-0.3, -0.25) is 10.1 Å². The molecule has 25 heavy (non-hydrogen) atoms. The Hall–Kier alpha value is -3.42. The Labute approximate surface area is 144 Å². The molecule has 0 aromatic heterocycles. The van der Waals surface area contributed by atoms with Crippen LogP contribution in [0.2, 0.25) is 0 Å². The number of nitro groups is 1. The predicted octanol–water partition coefficient (Wildman–Crippen LogP) is 3.21. The first-order valence-electron chi connectivity index (χ1n) is 7.32. The van der Waals surface area contributed by atoms with Crippen molar-refractivity contribution >= 4 is 18.0 Å². The minimum Gasteiger partial charge on any atom is -0.490 e. The van der Waals surface area contributed by atoms with Crippen molar-refractivity contribution < 1.29 is 19.2 Å². The van der Waals surface area contributed by atoms with E-state index in [1.54, 1.807) is 6.07 Å². The highest BCUT2D eigenvalue weighted by Crippen LogP contribution is 2.26. The number of hydrogen-bond donors (Lipinski definition) is 0. The van der Waals surface area contributed by atoms with Gasteiger partial charge in [-0.25, -0.2) is 9.80 Å². The molecule has 0 bridgehead atoms. The van der Waals surface area contributed by atoms with E-state index in [0.29, 0.717) is 5.56 Å². The summed E-state index contributed by atoms with van der Waals surface area (Å²) in [6.45, 7) is 0.132. The maximum Gasteiger partial charge on any atom is 0.430 e. The quantitative estimate of drug-likeness (QED) is 0.456. The van der Waals surface area contributed by atoms with Gasteiger partial charge in [0.1, 0.15) is 6.61 Å². The fraction of sp³-hybridized carbons (Fsp3) is 0.176. The molecule has 0 saturated heterocycles. The molecule has 130 valence electrons. The van der Waals surface area contributed by atoms with Crippen LogP contribution in [0.5, 0.6) is 5.75 Å². The van der Waals surface area contributed by atoms with Crippen LogP contribution >= 0.6 is 0 Å². The third kappa shape index (κ3) is 5.03. The van der Waals surface area contributed by atoms with Gasteiger partial charge in [0.15, 0.2) is 5.75 Å². The number of benzene rings is 2. The van der Waals surface area contributed by atoms with Crippen LogP contribution in [0.3, 0.4) is 0 Å². The highest BCUT2D eigenvalue weighted by molar-refractivity contribution is 5.82. The van der Waals surface area contributed by atoms with E-state index in [0.717, 1.165) is 10.6 Å². The monoisotopic (exact) mass is 343 g/mol. The summed E-state index contributed by atoms with van der Waals surface area (Å²) >= 11 is 0. The molecule has 0 fully saturated rings. The number of ether oxygens (including phenoxy) is 2. The fourth-order valence-corrected chi connectivity index (χ4v) is 1.94. The summed E-state index contributed by atoms with van der Waals surface area (Å²) in [7, 11) is 2.79. The van der Waals surface area contributed by atoms with E-state index in [-0.39, 0.29) is 18.0 Å². The van der Waals surface area contributed by atoms with E-state index in [2.05, 4.69) is 5.10 Å². The standard InChI is InChI=1S/C17H17N3O5/c1-19(17(21)25-12-13-6-4-3-5-7-13)18-11-14-8-9-16(24-2)15(10-14)20(22)23/h3-11H,12H2,1-2H3/b18-11-. The second-order valence-electron chi connectivity index (χ2n) is 5.00. The molecule has 2 aromatic carbocycles. The van der Waals surface area contributed by atoms with Crippen molar-refractivity contribution in [2.24, 2.45) is 5.10 Å². The molecule has 0 atom stereocenters. The molecule has 0 unspecified atom stereocenters. The molecule has 2 rings (SSSR count). The van der Waals surface area contributed by atoms with Crippen LogP contribution in [0, 0.1) is 10.1 Å². The molecule has 0 aliphatic heterocycles. The minimum atomic E-state index is -0.636. The van der Waals surface area contributed by atoms with Crippen LogP contribution in [0.15, 0.2) is 53.6 Å². The van der Waals surface area contributed by atoms with Crippen molar-refractivity contribution in [3.05, 3.63) is 69.8 Å². The normalized spacial score (nSPS) is 10.5. The highest BCUT2D eigenvalue weighted by Gasteiger charge is 2.15. The molecular formula is C17H17N3O5. The maximum atomic E-state index is 11.9. The van der Waals surface area contributed by atoms with Crippen LogP contribution in [-0.4, -0.2) is 36.4 Å². The van der Waals surface area contributed by atoms with Gasteiger partial charge in [-0.05, 0) is 17.7 Å². The molecule has 8 heteroatoms. The molecule has 0 spiro atoms. The number of methoxy groups -OCH3 is 1. The Morgan fingerprint density at radius 3 is 2.64 bits per heavy atom. The van der Waals surface area contributed by atoms with Gasteiger partial charge < -0.3 is 9.47 Å². The zero-order valence-electron chi connectivity index (χ0n) is 13.8. The Kier molecular flexibility index (Phi) is 6.05. The Morgan fingerprint density at radius 2 is 2.00 bits per heavy atom. The van der Waals surface area contributed by atoms with Crippen molar-refractivity contribution in [1.82, 2.24) is 5.01 Å². The Bertz CT molecular complexity index is 777. The third-order valence-electron chi connectivity index (χ3n) is 3.25. The Balaban J connectivity index is 1.99. The fourth-order valence-electron chi connectivity index (χ4n) is 1.94. The van der Waals surface area contributed by atoms with Crippen LogP contribution < -0.4 is 4.74 Å². The molecule has 0 radical (unpaired) electrons. The van der Waals surface area contributed by atoms with Crippen molar-refractivity contribution in [1.29, 1.82) is 0 Å². The lowest BCUT2D eigenvalue weighted by molar-refractivity contribution is -0.385. The topological polar surface area (TPSA) is 94.3 Å². The summed E-state index contributed by atoms with van der Waals surface area (Å²) in [4.78, 5) is 22.3. The van der Waals surface area contributed by atoms with Crippen LogP contribution in [-0.2, 0) is 11.3 Å². The Morgan fingerprint density at radius 1 is 1.28 bits per heavy atom. The summed E-state index contributed by atoms with van der Waals surface area (Å²) in [5, 5.41) is 15.9. The van der Waals surface area contributed by atoms with Crippen molar-refractivity contribution in [2.75, 3.05) is 14.2 Å². The number of hydrazone groups is 1. The highest BCUT2D eigenvalue weighted by atomic mass is 16.6. The SMILES string of the molecule is COc1ccc(/C=N\N(C)C(=O)OCc2ccccc2)cc1[N+](=O)[O-]. The molecule has 0 aliphatic carbocycles. The number of rotatable bonds is 6. The van der Waals surface area contributed by atoms with Gasteiger partial charge >= 0.3 is 11.8 Å². The lowest BCUT2D eigenvalue weighted by Crippen LogP contribution is -2.22. The minimum absolute atomic E-state index is 0.132. The molecule has 0 heterocycles. The lowest BCUT2D eigenvalue weighted by Gasteiger charge is -2.11. The largest absolute Gasteiger partial charge is 0.490 e. The van der Waals surface area contributed by atoms with Gasteiger partial charge in [-0.15, -0.1) is 0 Å². The molecule has 0 N–H and O–H groups in total.